The normalized spacial score (nSPS) is 12.2. The number of carbonyl (C=O) groups is 1. The molecule has 0 heterocycles. The van der Waals surface area contributed by atoms with E-state index in [9.17, 15) is 9.90 Å². The molecule has 0 saturated carbocycles. The van der Waals surface area contributed by atoms with Gasteiger partial charge in [-0.2, -0.15) is 0 Å². The maximum atomic E-state index is 11.0. The number of benzene rings is 1. The lowest BCUT2D eigenvalue weighted by Gasteiger charge is -2.07. The Morgan fingerprint density at radius 1 is 1.43 bits per heavy atom. The number of aliphatic hydroxyl groups excluding tert-OH is 2. The summed E-state index contributed by atoms with van der Waals surface area (Å²) < 4.78 is 4.51. The van der Waals surface area contributed by atoms with Crippen LogP contribution in [0.4, 0.5) is 0 Å². The fraction of sp³-hybridized carbons (Fsp3) is 0.300. The van der Waals surface area contributed by atoms with Gasteiger partial charge in [-0.15, -0.1) is 0 Å². The first-order valence-electron chi connectivity index (χ1n) is 4.16. The lowest BCUT2D eigenvalue weighted by atomic mass is 10.1. The first kappa shape index (κ1) is 10.7. The van der Waals surface area contributed by atoms with Crippen molar-refractivity contribution in [2.45, 2.75) is 6.10 Å². The number of methoxy groups -OCH3 is 1. The molecule has 1 atom stereocenters. The Morgan fingerprint density at radius 3 is 2.43 bits per heavy atom. The van der Waals surface area contributed by atoms with Crippen molar-refractivity contribution in [2.75, 3.05) is 13.7 Å². The van der Waals surface area contributed by atoms with Gasteiger partial charge < -0.3 is 14.9 Å². The fourth-order valence-electron chi connectivity index (χ4n) is 1.06. The maximum absolute atomic E-state index is 11.0. The van der Waals surface area contributed by atoms with Gasteiger partial charge in [-0.05, 0) is 17.7 Å². The lowest BCUT2D eigenvalue weighted by Crippen LogP contribution is -2.04. The highest BCUT2D eigenvalue weighted by atomic mass is 16.5. The highest BCUT2D eigenvalue weighted by molar-refractivity contribution is 5.89. The topological polar surface area (TPSA) is 66.8 Å². The van der Waals surface area contributed by atoms with Crippen LogP contribution in [0.3, 0.4) is 0 Å². The molecule has 0 aliphatic carbocycles. The number of hydrogen-bond acceptors (Lipinski definition) is 4. The quantitative estimate of drug-likeness (QED) is 0.691. The number of rotatable bonds is 3. The second-order valence-electron chi connectivity index (χ2n) is 2.81. The predicted molar refractivity (Wildman–Crippen MR) is 49.8 cm³/mol. The minimum Gasteiger partial charge on any atom is -0.465 e. The van der Waals surface area contributed by atoms with Gasteiger partial charge in [0, 0.05) is 0 Å². The van der Waals surface area contributed by atoms with Crippen molar-refractivity contribution in [3.8, 4) is 0 Å². The Balaban J connectivity index is 2.83. The Morgan fingerprint density at radius 2 is 2.00 bits per heavy atom. The van der Waals surface area contributed by atoms with E-state index in [4.69, 9.17) is 5.11 Å². The van der Waals surface area contributed by atoms with Crippen LogP contribution in [0.25, 0.3) is 0 Å². The van der Waals surface area contributed by atoms with Gasteiger partial charge in [-0.1, -0.05) is 12.1 Å². The van der Waals surface area contributed by atoms with E-state index < -0.39 is 12.1 Å². The molecule has 4 heteroatoms. The van der Waals surface area contributed by atoms with Gasteiger partial charge in [0.25, 0.3) is 0 Å². The molecule has 0 fully saturated rings. The van der Waals surface area contributed by atoms with Crippen molar-refractivity contribution < 1.29 is 19.7 Å². The van der Waals surface area contributed by atoms with Crippen molar-refractivity contribution in [3.63, 3.8) is 0 Å². The third kappa shape index (κ3) is 2.31. The minimum absolute atomic E-state index is 0.336. The molecule has 4 nitrogen and oxygen atoms in total. The molecule has 0 bridgehead atoms. The number of hydrogen-bond donors (Lipinski definition) is 2. The van der Waals surface area contributed by atoms with E-state index in [1.54, 1.807) is 24.3 Å². The van der Waals surface area contributed by atoms with Crippen molar-refractivity contribution in [2.24, 2.45) is 0 Å². The Kier molecular flexibility index (Phi) is 3.62. The van der Waals surface area contributed by atoms with Crippen molar-refractivity contribution in [1.29, 1.82) is 0 Å². The third-order valence-corrected chi connectivity index (χ3v) is 1.89. The molecule has 0 aromatic heterocycles. The van der Waals surface area contributed by atoms with Crippen molar-refractivity contribution in [1.82, 2.24) is 0 Å². The second-order valence-corrected chi connectivity index (χ2v) is 2.81. The number of esters is 1. The van der Waals surface area contributed by atoms with Gasteiger partial charge in [0.15, 0.2) is 0 Å². The van der Waals surface area contributed by atoms with Crippen LogP contribution in [0.5, 0.6) is 0 Å². The Bertz CT molecular complexity index is 304. The Labute approximate surface area is 81.8 Å². The summed E-state index contributed by atoms with van der Waals surface area (Å²) in [7, 11) is 1.30. The SMILES string of the molecule is COC(=O)c1ccc([C@H](O)CO)cc1. The number of ether oxygens (including phenoxy) is 1. The molecule has 1 aromatic rings. The summed E-state index contributed by atoms with van der Waals surface area (Å²) in [5, 5.41) is 17.9. The molecule has 0 aliphatic rings. The first-order chi connectivity index (χ1) is 6.69. The highest BCUT2D eigenvalue weighted by Gasteiger charge is 2.08. The van der Waals surface area contributed by atoms with E-state index in [0.717, 1.165) is 0 Å². The van der Waals surface area contributed by atoms with Crippen LogP contribution in [0.15, 0.2) is 24.3 Å². The van der Waals surface area contributed by atoms with Gasteiger partial charge in [-0.3, -0.25) is 0 Å². The zero-order valence-electron chi connectivity index (χ0n) is 7.80. The molecule has 0 radical (unpaired) electrons. The van der Waals surface area contributed by atoms with E-state index in [-0.39, 0.29) is 6.61 Å². The molecule has 1 aromatic carbocycles. The average Bonchev–Trinajstić information content (AvgIpc) is 2.27. The monoisotopic (exact) mass is 196 g/mol. The largest absolute Gasteiger partial charge is 0.465 e. The minimum atomic E-state index is -0.901. The van der Waals surface area contributed by atoms with E-state index in [1.807, 2.05) is 0 Å². The smallest absolute Gasteiger partial charge is 0.337 e. The summed E-state index contributed by atoms with van der Waals surface area (Å²) in [6, 6.07) is 6.24. The molecule has 1 rings (SSSR count). The first-order valence-corrected chi connectivity index (χ1v) is 4.16. The van der Waals surface area contributed by atoms with Gasteiger partial charge in [0.05, 0.1) is 19.3 Å². The van der Waals surface area contributed by atoms with Gasteiger partial charge >= 0.3 is 5.97 Å². The average molecular weight is 196 g/mol. The van der Waals surface area contributed by atoms with Crippen molar-refractivity contribution >= 4 is 5.97 Å². The molecule has 0 unspecified atom stereocenters. The predicted octanol–water partition coefficient (Wildman–Crippen LogP) is 0.499. The molecule has 14 heavy (non-hydrogen) atoms. The summed E-state index contributed by atoms with van der Waals surface area (Å²) in [5.74, 6) is -0.421. The summed E-state index contributed by atoms with van der Waals surface area (Å²) in [6.45, 7) is -0.336. The van der Waals surface area contributed by atoms with Crippen LogP contribution in [0.2, 0.25) is 0 Å². The van der Waals surface area contributed by atoms with Gasteiger partial charge in [0.1, 0.15) is 6.10 Å². The molecular weight excluding hydrogens is 184 g/mol. The summed E-state index contributed by atoms with van der Waals surface area (Å²) >= 11 is 0. The van der Waals surface area contributed by atoms with Crippen LogP contribution in [0, 0.1) is 0 Å². The lowest BCUT2D eigenvalue weighted by molar-refractivity contribution is 0.0600. The van der Waals surface area contributed by atoms with Gasteiger partial charge in [0.2, 0.25) is 0 Å². The molecular formula is C10H12O4. The second kappa shape index (κ2) is 4.74. The van der Waals surface area contributed by atoms with Crippen LogP contribution >= 0.6 is 0 Å². The summed E-state index contributed by atoms with van der Waals surface area (Å²) in [6.07, 6.45) is -0.901. The standard InChI is InChI=1S/C10H12O4/c1-14-10(13)8-4-2-7(3-5-8)9(12)6-11/h2-5,9,11-12H,6H2,1H3/t9-/m1/s1. The third-order valence-electron chi connectivity index (χ3n) is 1.89. The number of aliphatic hydroxyl groups is 2. The van der Waals surface area contributed by atoms with Crippen LogP contribution < -0.4 is 0 Å². The van der Waals surface area contributed by atoms with E-state index in [1.165, 1.54) is 7.11 Å². The van der Waals surface area contributed by atoms with Crippen LogP contribution in [-0.2, 0) is 4.74 Å². The molecule has 0 aliphatic heterocycles. The van der Waals surface area contributed by atoms with Crippen LogP contribution in [-0.4, -0.2) is 29.9 Å². The maximum Gasteiger partial charge on any atom is 0.337 e. The molecule has 2 N–H and O–H groups in total. The van der Waals surface area contributed by atoms with E-state index in [2.05, 4.69) is 4.74 Å². The highest BCUT2D eigenvalue weighted by Crippen LogP contribution is 2.13. The van der Waals surface area contributed by atoms with Gasteiger partial charge in [-0.25, -0.2) is 4.79 Å². The summed E-state index contributed by atoms with van der Waals surface area (Å²) in [4.78, 5) is 11.0. The Hall–Kier alpha value is -1.39. The molecule has 0 saturated heterocycles. The number of carbonyl (C=O) groups excluding carboxylic acids is 1. The summed E-state index contributed by atoms with van der Waals surface area (Å²) in [5.41, 5.74) is 0.988. The van der Waals surface area contributed by atoms with E-state index in [0.29, 0.717) is 11.1 Å². The molecule has 0 amide bonds. The zero-order valence-corrected chi connectivity index (χ0v) is 7.80. The molecule has 76 valence electrons. The van der Waals surface area contributed by atoms with Crippen LogP contribution in [0.1, 0.15) is 22.0 Å². The zero-order chi connectivity index (χ0) is 10.6. The molecule has 0 spiro atoms. The fourth-order valence-corrected chi connectivity index (χ4v) is 1.06. The van der Waals surface area contributed by atoms with Crippen molar-refractivity contribution in [3.05, 3.63) is 35.4 Å². The van der Waals surface area contributed by atoms with E-state index >= 15 is 0 Å².